The van der Waals surface area contributed by atoms with Crippen LogP contribution in [-0.4, -0.2) is 57.5 Å². The number of aromatic nitrogens is 12. The molecule has 8 aliphatic rings. The zero-order valence-electron chi connectivity index (χ0n) is 75.7. The smallest absolute Gasteiger partial charge is 0.146 e. The molecule has 0 saturated heterocycles. The first kappa shape index (κ1) is 75.3. The minimum Gasteiger partial charge on any atom is -0.290 e. The average Bonchev–Trinajstić information content (AvgIpc) is 1.56. The van der Waals surface area contributed by atoms with E-state index in [-0.39, 0.29) is 0 Å². The fraction of sp³-hybridized carbons (Fsp3) is 0.0625. The van der Waals surface area contributed by atoms with Gasteiger partial charge >= 0.3 is 0 Å². The Morgan fingerprint density at radius 2 is 0.429 bits per heavy atom. The van der Waals surface area contributed by atoms with Crippen molar-refractivity contribution in [1.29, 1.82) is 0 Å². The lowest BCUT2D eigenvalue weighted by atomic mass is 9.92. The molecule has 0 N–H and O–H groups in total. The summed E-state index contributed by atoms with van der Waals surface area (Å²) in [4.78, 5) is 38.3. The molecule has 12 aromatic heterocycles. The SMILES string of the molecule is c1ccc2c(c1)Cc1c-2ccc2c1-c1cc3c4ccncc4n4c5ccccc5nc4c3cc1C2.c1ccc2c(c1)Cc1c-2ccc2c1Cc1cc3c(cc1-2)c1ccncc1n1c2ccccc2nc31.c1ccc2c(c1)Cc1cc3c(cc1-2)-c1cc2c4ccncc4n4c5ccccc5nc4c2cc1C3.c1ccc2c(c1)Cc1ccc3c(c1-2)-c1cc2c4ccncc4n4c5ccccc5nc4c2cc1C3. The Balaban J connectivity index is 0.0000000829. The van der Waals surface area contributed by atoms with E-state index >= 15 is 0 Å². The summed E-state index contributed by atoms with van der Waals surface area (Å²) in [6.07, 6.45) is 23.5. The molecule has 12 heteroatoms. The van der Waals surface area contributed by atoms with Crippen LogP contribution in [0.4, 0.5) is 0 Å². The Kier molecular flexibility index (Phi) is 15.0. The minimum atomic E-state index is 0.969. The Morgan fingerprint density at radius 1 is 0.157 bits per heavy atom. The molecule has 0 aliphatic heterocycles. The molecule has 0 atom stereocenters. The van der Waals surface area contributed by atoms with Crippen LogP contribution in [0.1, 0.15) is 89.0 Å². The van der Waals surface area contributed by atoms with Crippen LogP contribution >= 0.6 is 0 Å². The lowest BCUT2D eigenvalue weighted by molar-refractivity contribution is 1.16. The summed E-state index contributed by atoms with van der Waals surface area (Å²) in [6, 6.07) is 116. The fourth-order valence-corrected chi connectivity index (χ4v) is 26.4. The molecule has 0 saturated carbocycles. The number of rotatable bonds is 0. The maximum atomic E-state index is 5.09. The minimum absolute atomic E-state index is 0.969. The zero-order valence-corrected chi connectivity index (χ0v) is 75.7. The van der Waals surface area contributed by atoms with Gasteiger partial charge in [-0.15, -0.1) is 0 Å². The maximum absolute atomic E-state index is 5.09. The maximum Gasteiger partial charge on any atom is 0.146 e. The van der Waals surface area contributed by atoms with Crippen molar-refractivity contribution in [2.24, 2.45) is 0 Å². The van der Waals surface area contributed by atoms with Gasteiger partial charge in [0.2, 0.25) is 0 Å². The zero-order chi connectivity index (χ0) is 90.7. The lowest BCUT2D eigenvalue weighted by Gasteiger charge is -2.13. The van der Waals surface area contributed by atoms with Crippen LogP contribution < -0.4 is 0 Å². The van der Waals surface area contributed by atoms with Crippen LogP contribution in [-0.2, 0) is 51.4 Å². The number of nitrogens with zero attached hydrogens (tertiary/aromatic N) is 12. The third-order valence-corrected chi connectivity index (χ3v) is 32.4. The van der Waals surface area contributed by atoms with Gasteiger partial charge in [-0.1, -0.05) is 188 Å². The summed E-state index contributed by atoms with van der Waals surface area (Å²) in [6.45, 7) is 0. The summed E-state index contributed by atoms with van der Waals surface area (Å²) >= 11 is 0. The monoisotopic (exact) mass is 1780 g/mol. The van der Waals surface area contributed by atoms with Crippen LogP contribution in [0.25, 0.3) is 242 Å². The number of imidazole rings is 4. The summed E-state index contributed by atoms with van der Waals surface area (Å²) in [5, 5.41) is 14.7. The molecular weight excluding hydrogens is 1710 g/mol. The third kappa shape index (κ3) is 10.4. The van der Waals surface area contributed by atoms with Crippen LogP contribution in [0.2, 0.25) is 0 Å². The average molecular weight is 1780 g/mol. The van der Waals surface area contributed by atoms with Crippen LogP contribution in [0.5, 0.6) is 0 Å². The molecule has 16 aromatic carbocycles. The highest BCUT2D eigenvalue weighted by Gasteiger charge is 2.36. The van der Waals surface area contributed by atoms with E-state index in [1.807, 2.05) is 49.6 Å². The van der Waals surface area contributed by atoms with Crippen molar-refractivity contribution in [2.45, 2.75) is 51.4 Å². The van der Waals surface area contributed by atoms with E-state index in [4.69, 9.17) is 19.9 Å². The van der Waals surface area contributed by atoms with Gasteiger partial charge < -0.3 is 0 Å². The van der Waals surface area contributed by atoms with Crippen LogP contribution in [0.3, 0.4) is 0 Å². The van der Waals surface area contributed by atoms with Crippen molar-refractivity contribution in [2.75, 3.05) is 0 Å². The second-order valence-electron chi connectivity index (χ2n) is 39.4. The van der Waals surface area contributed by atoms with E-state index in [0.717, 1.165) is 140 Å². The number of fused-ring (bicyclic) bond motifs is 59. The van der Waals surface area contributed by atoms with E-state index in [2.05, 4.69) is 353 Å². The second-order valence-corrected chi connectivity index (χ2v) is 39.4. The predicted molar refractivity (Wildman–Crippen MR) is 568 cm³/mol. The number of para-hydroxylation sites is 8. The summed E-state index contributed by atoms with van der Waals surface area (Å²) in [5.74, 6) is 0. The molecule has 648 valence electrons. The van der Waals surface area contributed by atoms with Gasteiger partial charge in [0.25, 0.3) is 0 Å². The summed E-state index contributed by atoms with van der Waals surface area (Å²) < 4.78 is 9.12. The largest absolute Gasteiger partial charge is 0.290 e. The van der Waals surface area contributed by atoms with Crippen LogP contribution in [0, 0.1) is 0 Å². The van der Waals surface area contributed by atoms with Crippen molar-refractivity contribution in [3.8, 4) is 89.0 Å². The highest BCUT2D eigenvalue weighted by molar-refractivity contribution is 6.21. The first-order chi connectivity index (χ1) is 69.4. The van der Waals surface area contributed by atoms with Gasteiger partial charge in [0.05, 0.1) is 91.0 Å². The van der Waals surface area contributed by atoms with Gasteiger partial charge in [-0.2, -0.15) is 0 Å². The lowest BCUT2D eigenvalue weighted by Crippen LogP contribution is -1.94. The molecule has 0 radical (unpaired) electrons. The van der Waals surface area contributed by atoms with E-state index in [9.17, 15) is 0 Å². The molecule has 0 unspecified atom stereocenters. The predicted octanol–water partition coefficient (Wildman–Crippen LogP) is 29.3. The number of hydrogen-bond donors (Lipinski definition) is 0. The van der Waals surface area contributed by atoms with E-state index < -0.39 is 0 Å². The molecule has 8 aliphatic carbocycles. The fourth-order valence-electron chi connectivity index (χ4n) is 26.4. The normalized spacial score (nSPS) is 13.5. The first-order valence-electron chi connectivity index (χ1n) is 48.7. The summed E-state index contributed by atoms with van der Waals surface area (Å²) in [5.41, 5.74) is 62.5. The molecule has 140 heavy (non-hydrogen) atoms. The Labute approximate surface area is 799 Å². The van der Waals surface area contributed by atoms with Crippen LogP contribution in [0.15, 0.2) is 365 Å². The highest BCUT2D eigenvalue weighted by Crippen LogP contribution is 2.56. The van der Waals surface area contributed by atoms with Crippen molar-refractivity contribution in [3.05, 3.63) is 454 Å². The van der Waals surface area contributed by atoms with Gasteiger partial charge in [0.1, 0.15) is 22.6 Å². The Hall–Kier alpha value is -18.0. The van der Waals surface area contributed by atoms with Crippen molar-refractivity contribution in [1.82, 2.24) is 57.5 Å². The molecular formula is C128H76N12. The van der Waals surface area contributed by atoms with Gasteiger partial charge in [-0.25, -0.2) is 19.9 Å². The van der Waals surface area contributed by atoms with Gasteiger partial charge in [0, 0.05) is 67.9 Å². The summed E-state index contributed by atoms with van der Waals surface area (Å²) in [7, 11) is 0. The van der Waals surface area contributed by atoms with Gasteiger partial charge in [0.15, 0.2) is 0 Å². The third-order valence-electron chi connectivity index (χ3n) is 32.4. The van der Waals surface area contributed by atoms with Gasteiger partial charge in [-0.05, 0) is 378 Å². The van der Waals surface area contributed by atoms with E-state index in [1.54, 1.807) is 0 Å². The van der Waals surface area contributed by atoms with E-state index in [1.165, 1.54) is 243 Å². The molecule has 28 aromatic rings. The topological polar surface area (TPSA) is 121 Å². The van der Waals surface area contributed by atoms with E-state index in [0.29, 0.717) is 0 Å². The number of pyridine rings is 8. The quantitative estimate of drug-likeness (QED) is 0.138. The molecule has 12 nitrogen and oxygen atoms in total. The Bertz CT molecular complexity index is 10600. The number of hydrogen-bond acceptors (Lipinski definition) is 8. The molecule has 12 heterocycles. The molecule has 36 rings (SSSR count). The van der Waals surface area contributed by atoms with Crippen molar-refractivity contribution < 1.29 is 0 Å². The first-order valence-corrected chi connectivity index (χ1v) is 48.7. The van der Waals surface area contributed by atoms with Crippen molar-refractivity contribution >= 4 is 153 Å². The molecule has 0 amide bonds. The second kappa shape index (κ2) is 27.9. The van der Waals surface area contributed by atoms with Crippen molar-refractivity contribution in [3.63, 3.8) is 0 Å². The molecule has 0 bridgehead atoms. The highest BCUT2D eigenvalue weighted by atomic mass is 15.1. The standard InChI is InChI=1S/4C32H19N3/c1-2-6-22-18(5-1)11-19-12-20-13-21-14-28-27(16-26(21)25(20)15-24(19)22)23-9-10-33-17-31(23)35-30-8-4-3-7-29(30)34-32(28)35;1-2-6-21-18(5-1)14-26-22(21)10-9-19-13-20-15-27-25(16-24(20)31(19)26)23-11-12-33-17-30(23)35-29-8-4-3-7-28(29)34-32(27)35;1-2-6-20-18(5-1)13-25-21(20)9-10-22-24-16-27-23-11-12-33-17-31(23)35-30-8-4-3-7-29(30)34-32(35)28(27)15-19(24)14-26(22)25;1-2-6-22-18(5-1)13-19-9-10-20-14-21-15-26-25(16-24(21)31(20)30(19)22)23-11-12-33-17-29(23)35-28-8-4-3-7-27(28)34-32(26)35/h1-10,12,14-17H,11,13H2;3*1-12,15-17H,13-14H2. The Morgan fingerprint density at radius 3 is 0.886 bits per heavy atom. The number of benzene rings is 16. The molecule has 0 fully saturated rings. The molecule has 0 spiro atoms. The van der Waals surface area contributed by atoms with Gasteiger partial charge in [-0.3, -0.25) is 37.5 Å².